The van der Waals surface area contributed by atoms with Crippen LogP contribution in [0.2, 0.25) is 0 Å². The summed E-state index contributed by atoms with van der Waals surface area (Å²) in [6.45, 7) is -1.28. The second kappa shape index (κ2) is 8.15. The summed E-state index contributed by atoms with van der Waals surface area (Å²) >= 11 is 0. The van der Waals surface area contributed by atoms with Crippen molar-refractivity contribution in [1.82, 2.24) is 10.2 Å². The summed E-state index contributed by atoms with van der Waals surface area (Å²) in [5.74, 6) is -1.06. The Morgan fingerprint density at radius 3 is 2.33 bits per heavy atom. The van der Waals surface area contributed by atoms with Crippen molar-refractivity contribution in [1.29, 1.82) is 0 Å². The van der Waals surface area contributed by atoms with Crippen molar-refractivity contribution >= 4 is 12.0 Å². The maximum absolute atomic E-state index is 12.3. The number of aliphatic hydroxyl groups excluding tert-OH is 1. The standard InChI is InChI=1S/C13H16F2N2O4/c14-11(15)8-17(5-6-18)13(21)16-7-9-1-3-10(4-2-9)12(19)20/h1-4,11,18H,5-8H2,(H,16,21)(H,19,20). The first-order valence-electron chi connectivity index (χ1n) is 6.18. The van der Waals surface area contributed by atoms with Crippen molar-refractivity contribution < 1.29 is 28.6 Å². The summed E-state index contributed by atoms with van der Waals surface area (Å²) in [6.07, 6.45) is -2.68. The van der Waals surface area contributed by atoms with Gasteiger partial charge in [0.15, 0.2) is 0 Å². The van der Waals surface area contributed by atoms with Crippen molar-refractivity contribution in [3.05, 3.63) is 35.4 Å². The normalized spacial score (nSPS) is 10.5. The molecule has 0 spiro atoms. The van der Waals surface area contributed by atoms with Crippen LogP contribution in [0.1, 0.15) is 15.9 Å². The highest BCUT2D eigenvalue weighted by Gasteiger charge is 2.17. The zero-order valence-corrected chi connectivity index (χ0v) is 11.1. The minimum absolute atomic E-state index is 0.0733. The van der Waals surface area contributed by atoms with Crippen LogP contribution in [0.15, 0.2) is 24.3 Å². The summed E-state index contributed by atoms with van der Waals surface area (Å²) < 4.78 is 24.6. The SMILES string of the molecule is O=C(O)c1ccc(CNC(=O)N(CCO)CC(F)F)cc1. The molecule has 3 N–H and O–H groups in total. The van der Waals surface area contributed by atoms with E-state index in [-0.39, 0.29) is 18.7 Å². The van der Waals surface area contributed by atoms with E-state index in [0.29, 0.717) is 5.56 Å². The molecule has 116 valence electrons. The third-order valence-corrected chi connectivity index (χ3v) is 2.66. The number of nitrogens with zero attached hydrogens (tertiary/aromatic N) is 1. The maximum atomic E-state index is 12.3. The maximum Gasteiger partial charge on any atom is 0.335 e. The number of halogens is 2. The van der Waals surface area contributed by atoms with Crippen LogP contribution in [0.3, 0.4) is 0 Å². The number of rotatable bonds is 7. The Balaban J connectivity index is 2.55. The van der Waals surface area contributed by atoms with Gasteiger partial charge in [0.2, 0.25) is 0 Å². The Bertz CT molecular complexity index is 480. The molecule has 2 amide bonds. The van der Waals surface area contributed by atoms with Crippen LogP contribution in [0.5, 0.6) is 0 Å². The van der Waals surface area contributed by atoms with E-state index in [1.807, 2.05) is 0 Å². The molecular formula is C13H16F2N2O4. The molecule has 0 atom stereocenters. The fraction of sp³-hybridized carbons (Fsp3) is 0.385. The molecule has 0 unspecified atom stereocenters. The first-order valence-corrected chi connectivity index (χ1v) is 6.18. The van der Waals surface area contributed by atoms with Gasteiger partial charge in [0, 0.05) is 13.1 Å². The number of benzene rings is 1. The van der Waals surface area contributed by atoms with Crippen LogP contribution >= 0.6 is 0 Å². The van der Waals surface area contributed by atoms with Gasteiger partial charge in [-0.3, -0.25) is 0 Å². The molecule has 0 saturated carbocycles. The number of aliphatic hydroxyl groups is 1. The Labute approximate surface area is 120 Å². The number of urea groups is 1. The Hall–Kier alpha value is -2.22. The van der Waals surface area contributed by atoms with Gasteiger partial charge >= 0.3 is 12.0 Å². The highest BCUT2D eigenvalue weighted by Crippen LogP contribution is 2.05. The molecule has 0 aliphatic carbocycles. The molecule has 8 heteroatoms. The molecule has 0 aliphatic heterocycles. The average molecular weight is 302 g/mol. The minimum atomic E-state index is -2.68. The summed E-state index contributed by atoms with van der Waals surface area (Å²) in [4.78, 5) is 23.2. The molecule has 0 aromatic heterocycles. The molecule has 0 fully saturated rings. The molecular weight excluding hydrogens is 286 g/mol. The van der Waals surface area contributed by atoms with E-state index in [0.717, 1.165) is 4.90 Å². The van der Waals surface area contributed by atoms with E-state index in [2.05, 4.69) is 5.32 Å². The fourth-order valence-corrected chi connectivity index (χ4v) is 1.62. The molecule has 6 nitrogen and oxygen atoms in total. The van der Waals surface area contributed by atoms with E-state index in [1.165, 1.54) is 24.3 Å². The summed E-state index contributed by atoms with van der Waals surface area (Å²) in [5, 5.41) is 19.9. The Morgan fingerprint density at radius 2 is 1.86 bits per heavy atom. The number of aromatic carboxylic acids is 1. The highest BCUT2D eigenvalue weighted by molar-refractivity contribution is 5.87. The van der Waals surface area contributed by atoms with Crippen LogP contribution in [0.4, 0.5) is 13.6 Å². The topological polar surface area (TPSA) is 89.9 Å². The molecule has 0 bridgehead atoms. The van der Waals surface area contributed by atoms with Gasteiger partial charge in [0.1, 0.15) is 0 Å². The van der Waals surface area contributed by atoms with Gasteiger partial charge < -0.3 is 20.4 Å². The van der Waals surface area contributed by atoms with Gasteiger partial charge in [-0.25, -0.2) is 18.4 Å². The van der Waals surface area contributed by atoms with E-state index in [4.69, 9.17) is 10.2 Å². The van der Waals surface area contributed by atoms with E-state index >= 15 is 0 Å². The molecule has 0 heterocycles. The third kappa shape index (κ3) is 5.74. The predicted molar refractivity (Wildman–Crippen MR) is 70.3 cm³/mol. The first-order chi connectivity index (χ1) is 9.93. The Morgan fingerprint density at radius 1 is 1.24 bits per heavy atom. The lowest BCUT2D eigenvalue weighted by atomic mass is 10.1. The average Bonchev–Trinajstić information content (AvgIpc) is 2.44. The van der Waals surface area contributed by atoms with Crippen LogP contribution in [0.25, 0.3) is 0 Å². The predicted octanol–water partition coefficient (Wildman–Crippen LogP) is 1.15. The van der Waals surface area contributed by atoms with Crippen molar-refractivity contribution in [2.75, 3.05) is 19.7 Å². The number of nitrogens with one attached hydrogen (secondary N) is 1. The summed E-state index contributed by atoms with van der Waals surface area (Å²) in [6, 6.07) is 5.09. The number of carboxylic acid groups (broad SMARTS) is 1. The van der Waals surface area contributed by atoms with Gasteiger partial charge in [-0.05, 0) is 17.7 Å². The second-order valence-corrected chi connectivity index (χ2v) is 4.22. The lowest BCUT2D eigenvalue weighted by molar-refractivity contribution is 0.0696. The summed E-state index contributed by atoms with van der Waals surface area (Å²) in [7, 11) is 0. The fourth-order valence-electron chi connectivity index (χ4n) is 1.62. The number of hydrogen-bond acceptors (Lipinski definition) is 3. The zero-order chi connectivity index (χ0) is 15.8. The number of carbonyl (C=O) groups excluding carboxylic acids is 1. The van der Waals surface area contributed by atoms with Crippen LogP contribution in [-0.2, 0) is 6.54 Å². The monoisotopic (exact) mass is 302 g/mol. The van der Waals surface area contributed by atoms with E-state index in [1.54, 1.807) is 0 Å². The van der Waals surface area contributed by atoms with Gasteiger partial charge in [0.25, 0.3) is 6.43 Å². The number of amides is 2. The lowest BCUT2D eigenvalue weighted by Crippen LogP contribution is -2.43. The molecule has 21 heavy (non-hydrogen) atoms. The summed E-state index contributed by atoms with van der Waals surface area (Å²) in [5.41, 5.74) is 0.749. The first kappa shape index (κ1) is 16.8. The second-order valence-electron chi connectivity index (χ2n) is 4.22. The molecule has 1 aromatic carbocycles. The van der Waals surface area contributed by atoms with Gasteiger partial charge in [-0.1, -0.05) is 12.1 Å². The van der Waals surface area contributed by atoms with Crippen LogP contribution in [0, 0.1) is 0 Å². The van der Waals surface area contributed by atoms with Crippen molar-refractivity contribution in [2.24, 2.45) is 0 Å². The van der Waals surface area contributed by atoms with Crippen LogP contribution in [-0.4, -0.2) is 53.2 Å². The van der Waals surface area contributed by atoms with Gasteiger partial charge in [-0.2, -0.15) is 0 Å². The third-order valence-electron chi connectivity index (χ3n) is 2.66. The number of hydrogen-bond donors (Lipinski definition) is 3. The van der Waals surface area contributed by atoms with E-state index < -0.39 is 31.6 Å². The van der Waals surface area contributed by atoms with Gasteiger partial charge in [0.05, 0.1) is 18.7 Å². The quantitative estimate of drug-likeness (QED) is 0.705. The Kier molecular flexibility index (Phi) is 6.54. The molecule has 0 saturated heterocycles. The lowest BCUT2D eigenvalue weighted by Gasteiger charge is -2.21. The van der Waals surface area contributed by atoms with Crippen LogP contribution < -0.4 is 5.32 Å². The molecule has 1 rings (SSSR count). The molecule has 0 aliphatic rings. The van der Waals surface area contributed by atoms with Gasteiger partial charge in [-0.15, -0.1) is 0 Å². The highest BCUT2D eigenvalue weighted by atomic mass is 19.3. The molecule has 0 radical (unpaired) electrons. The largest absolute Gasteiger partial charge is 0.478 e. The number of carbonyl (C=O) groups is 2. The minimum Gasteiger partial charge on any atom is -0.478 e. The number of carboxylic acids is 1. The smallest absolute Gasteiger partial charge is 0.335 e. The zero-order valence-electron chi connectivity index (χ0n) is 11.1. The number of alkyl halides is 2. The molecule has 1 aromatic rings. The van der Waals surface area contributed by atoms with Crippen molar-refractivity contribution in [2.45, 2.75) is 13.0 Å². The van der Waals surface area contributed by atoms with E-state index in [9.17, 15) is 18.4 Å². The van der Waals surface area contributed by atoms with Crippen molar-refractivity contribution in [3.8, 4) is 0 Å². The van der Waals surface area contributed by atoms with Crippen molar-refractivity contribution in [3.63, 3.8) is 0 Å².